The Morgan fingerprint density at radius 1 is 1.00 bits per heavy atom. The van der Waals surface area contributed by atoms with E-state index in [9.17, 15) is 13.7 Å². The average molecular weight is 308 g/mol. The molecule has 0 fully saturated rings. The number of rotatable bonds is 3. The molecule has 0 aliphatic rings. The molecule has 0 aliphatic carbocycles. The van der Waals surface area contributed by atoms with Crippen LogP contribution in [-0.2, 0) is 9.84 Å². The molecule has 0 aliphatic heterocycles. The standard InChI is InChI=1S/C17H12N2O2S/c1-13-2-8-16(9-3-13)22(20,21)17(12-19)10-14-4-6-15(11-18)7-5-14/h2-10H,1H3. The Morgan fingerprint density at radius 3 is 2.09 bits per heavy atom. The summed E-state index contributed by atoms with van der Waals surface area (Å²) in [6.45, 7) is 1.86. The highest BCUT2D eigenvalue weighted by atomic mass is 32.2. The Bertz CT molecular complexity index is 895. The van der Waals surface area contributed by atoms with Gasteiger partial charge in [0.05, 0.1) is 16.5 Å². The van der Waals surface area contributed by atoms with Crippen LogP contribution in [0.5, 0.6) is 0 Å². The van der Waals surface area contributed by atoms with Crippen LogP contribution in [0, 0.1) is 29.6 Å². The summed E-state index contributed by atoms with van der Waals surface area (Å²) in [4.78, 5) is -0.249. The highest BCUT2D eigenvalue weighted by Gasteiger charge is 2.20. The number of nitrogens with zero attached hydrogens (tertiary/aromatic N) is 2. The van der Waals surface area contributed by atoms with Gasteiger partial charge in [0.15, 0.2) is 0 Å². The Kier molecular flexibility index (Phi) is 4.41. The average Bonchev–Trinajstić information content (AvgIpc) is 2.53. The molecule has 4 nitrogen and oxygen atoms in total. The molecule has 2 aromatic carbocycles. The van der Waals surface area contributed by atoms with E-state index in [4.69, 9.17) is 5.26 Å². The molecule has 2 aromatic rings. The molecule has 2 rings (SSSR count). The van der Waals surface area contributed by atoms with E-state index in [2.05, 4.69) is 0 Å². The van der Waals surface area contributed by atoms with Crippen LogP contribution in [0.1, 0.15) is 16.7 Å². The summed E-state index contributed by atoms with van der Waals surface area (Å²) in [6.07, 6.45) is 1.30. The van der Waals surface area contributed by atoms with E-state index in [-0.39, 0.29) is 9.80 Å². The predicted octanol–water partition coefficient (Wildman–Crippen LogP) is 3.21. The van der Waals surface area contributed by atoms with Crippen molar-refractivity contribution in [1.29, 1.82) is 10.5 Å². The van der Waals surface area contributed by atoms with Gasteiger partial charge in [-0.3, -0.25) is 0 Å². The Labute approximate surface area is 129 Å². The fourth-order valence-electron chi connectivity index (χ4n) is 1.82. The van der Waals surface area contributed by atoms with Crippen LogP contribution in [-0.4, -0.2) is 8.42 Å². The molecule has 0 atom stereocenters. The van der Waals surface area contributed by atoms with E-state index >= 15 is 0 Å². The second kappa shape index (κ2) is 6.26. The maximum Gasteiger partial charge on any atom is 0.216 e. The van der Waals surface area contributed by atoms with Gasteiger partial charge < -0.3 is 0 Å². The van der Waals surface area contributed by atoms with Crippen molar-refractivity contribution >= 4 is 15.9 Å². The first-order chi connectivity index (χ1) is 10.5. The van der Waals surface area contributed by atoms with Gasteiger partial charge in [-0.2, -0.15) is 10.5 Å². The Balaban J connectivity index is 2.46. The lowest BCUT2D eigenvalue weighted by molar-refractivity contribution is 0.603. The number of hydrogen-bond acceptors (Lipinski definition) is 4. The van der Waals surface area contributed by atoms with Gasteiger partial charge in [-0.1, -0.05) is 29.8 Å². The van der Waals surface area contributed by atoms with Crippen molar-refractivity contribution in [2.75, 3.05) is 0 Å². The fourth-order valence-corrected chi connectivity index (χ4v) is 2.98. The van der Waals surface area contributed by atoms with E-state index in [1.54, 1.807) is 42.5 Å². The van der Waals surface area contributed by atoms with E-state index in [0.717, 1.165) is 5.56 Å². The van der Waals surface area contributed by atoms with Crippen LogP contribution in [0.3, 0.4) is 0 Å². The van der Waals surface area contributed by atoms with Crippen molar-refractivity contribution in [2.45, 2.75) is 11.8 Å². The first-order valence-electron chi connectivity index (χ1n) is 6.41. The van der Waals surface area contributed by atoms with Gasteiger partial charge in [-0.15, -0.1) is 0 Å². The summed E-state index contributed by atoms with van der Waals surface area (Å²) >= 11 is 0. The number of aryl methyl sites for hydroxylation is 1. The molecular formula is C17H12N2O2S. The minimum atomic E-state index is -3.85. The molecule has 0 aromatic heterocycles. The van der Waals surface area contributed by atoms with E-state index in [1.165, 1.54) is 18.2 Å². The smallest absolute Gasteiger partial charge is 0.216 e. The monoisotopic (exact) mass is 308 g/mol. The zero-order chi connectivity index (χ0) is 16.2. The van der Waals surface area contributed by atoms with Crippen molar-refractivity contribution in [1.82, 2.24) is 0 Å². The summed E-state index contributed by atoms with van der Waals surface area (Å²) in [6, 6.07) is 16.4. The molecule has 0 radical (unpaired) electrons. The minimum Gasteiger partial charge on any atom is -0.218 e. The molecule has 0 spiro atoms. The number of allylic oxidation sites excluding steroid dienone is 1. The molecule has 0 unspecified atom stereocenters. The SMILES string of the molecule is Cc1ccc(S(=O)(=O)C(C#N)=Cc2ccc(C#N)cc2)cc1. The van der Waals surface area contributed by atoms with E-state index in [1.807, 2.05) is 13.0 Å². The third-order valence-corrected chi connectivity index (χ3v) is 4.75. The molecule has 108 valence electrons. The first-order valence-corrected chi connectivity index (χ1v) is 7.89. The molecule has 0 bridgehead atoms. The summed E-state index contributed by atoms with van der Waals surface area (Å²) in [7, 11) is -3.85. The van der Waals surface area contributed by atoms with Crippen molar-refractivity contribution in [2.24, 2.45) is 0 Å². The highest BCUT2D eigenvalue weighted by molar-refractivity contribution is 7.95. The van der Waals surface area contributed by atoms with Crippen LogP contribution in [0.15, 0.2) is 58.3 Å². The lowest BCUT2D eigenvalue weighted by Crippen LogP contribution is -2.03. The van der Waals surface area contributed by atoms with E-state index in [0.29, 0.717) is 11.1 Å². The molecule has 0 amide bonds. The Morgan fingerprint density at radius 2 is 1.59 bits per heavy atom. The Hall–Kier alpha value is -2.89. The molecule has 0 saturated heterocycles. The maximum absolute atomic E-state index is 12.5. The number of benzene rings is 2. The van der Waals surface area contributed by atoms with E-state index < -0.39 is 9.84 Å². The normalized spacial score (nSPS) is 11.5. The van der Waals surface area contributed by atoms with Crippen molar-refractivity contribution in [3.05, 3.63) is 70.1 Å². The third-order valence-electron chi connectivity index (χ3n) is 3.07. The predicted molar refractivity (Wildman–Crippen MR) is 83.1 cm³/mol. The van der Waals surface area contributed by atoms with Gasteiger partial charge in [0.1, 0.15) is 11.0 Å². The summed E-state index contributed by atoms with van der Waals surface area (Å²) in [5, 5.41) is 17.9. The summed E-state index contributed by atoms with van der Waals surface area (Å²) in [5.41, 5.74) is 1.96. The largest absolute Gasteiger partial charge is 0.218 e. The van der Waals surface area contributed by atoms with Crippen LogP contribution in [0.4, 0.5) is 0 Å². The molecule has 0 heterocycles. The zero-order valence-corrected chi connectivity index (χ0v) is 12.6. The van der Waals surface area contributed by atoms with Crippen molar-refractivity contribution < 1.29 is 8.42 Å². The zero-order valence-electron chi connectivity index (χ0n) is 11.8. The fraction of sp³-hybridized carbons (Fsp3) is 0.0588. The lowest BCUT2D eigenvalue weighted by atomic mass is 10.1. The quantitative estimate of drug-likeness (QED) is 0.815. The highest BCUT2D eigenvalue weighted by Crippen LogP contribution is 2.21. The second-order valence-corrected chi connectivity index (χ2v) is 6.59. The lowest BCUT2D eigenvalue weighted by Gasteiger charge is -2.04. The van der Waals surface area contributed by atoms with Gasteiger partial charge in [0, 0.05) is 0 Å². The van der Waals surface area contributed by atoms with Gasteiger partial charge in [0.2, 0.25) is 9.84 Å². The van der Waals surface area contributed by atoms with Crippen molar-refractivity contribution in [3.63, 3.8) is 0 Å². The number of hydrogen-bond donors (Lipinski definition) is 0. The van der Waals surface area contributed by atoms with Gasteiger partial charge >= 0.3 is 0 Å². The van der Waals surface area contributed by atoms with Gasteiger partial charge in [-0.05, 0) is 42.8 Å². The van der Waals surface area contributed by atoms with Crippen LogP contribution in [0.25, 0.3) is 6.08 Å². The summed E-state index contributed by atoms with van der Waals surface area (Å²) < 4.78 is 24.9. The van der Waals surface area contributed by atoms with Crippen molar-refractivity contribution in [3.8, 4) is 12.1 Å². The van der Waals surface area contributed by atoms with Crippen LogP contribution >= 0.6 is 0 Å². The molecule has 0 saturated carbocycles. The topological polar surface area (TPSA) is 81.7 Å². The first kappa shape index (κ1) is 15.5. The second-order valence-electron chi connectivity index (χ2n) is 4.67. The third kappa shape index (κ3) is 3.22. The minimum absolute atomic E-state index is 0.0829. The summed E-state index contributed by atoms with van der Waals surface area (Å²) in [5.74, 6) is 0. The molecule has 0 N–H and O–H groups in total. The molecular weight excluding hydrogens is 296 g/mol. The molecule has 5 heteroatoms. The number of nitriles is 2. The number of sulfone groups is 1. The maximum atomic E-state index is 12.5. The molecule has 22 heavy (non-hydrogen) atoms. The van der Waals surface area contributed by atoms with Crippen LogP contribution < -0.4 is 0 Å². The van der Waals surface area contributed by atoms with Gasteiger partial charge in [-0.25, -0.2) is 8.42 Å². The van der Waals surface area contributed by atoms with Crippen LogP contribution in [0.2, 0.25) is 0 Å². The van der Waals surface area contributed by atoms with Gasteiger partial charge in [0.25, 0.3) is 0 Å².